The number of hydrogen-bond donors (Lipinski definition) is 1. The molecule has 0 atom stereocenters. The van der Waals surface area contributed by atoms with Crippen LogP contribution in [0.1, 0.15) is 11.1 Å². The molecule has 2 nitrogen and oxygen atoms in total. The molecular weight excluding hydrogens is 283 g/mol. The Hall–Kier alpha value is -1.05. The Labute approximate surface area is 109 Å². The third-order valence-corrected chi connectivity index (χ3v) is 4.10. The first-order valence-corrected chi connectivity index (χ1v) is 6.58. The van der Waals surface area contributed by atoms with Crippen molar-refractivity contribution in [3.05, 3.63) is 40.9 Å². The maximum absolute atomic E-state index is 12.9. The van der Waals surface area contributed by atoms with Crippen LogP contribution in [-0.4, -0.2) is 10.1 Å². The molecule has 0 bridgehead atoms. The van der Waals surface area contributed by atoms with Gasteiger partial charge >= 0.3 is 6.18 Å². The molecule has 0 saturated heterocycles. The fourth-order valence-electron chi connectivity index (χ4n) is 1.34. The largest absolute Gasteiger partial charge is 0.417 e. The van der Waals surface area contributed by atoms with Gasteiger partial charge in [0.15, 0.2) is 4.34 Å². The third kappa shape index (κ3) is 3.04. The Kier molecular flexibility index (Phi) is 3.94. The molecule has 2 aromatic rings. The van der Waals surface area contributed by atoms with E-state index in [-0.39, 0.29) is 10.5 Å². The van der Waals surface area contributed by atoms with Gasteiger partial charge in [0.2, 0.25) is 0 Å². The number of rotatable bonds is 3. The number of aliphatic hydroxyl groups excluding tert-OH is 1. The second-order valence-electron chi connectivity index (χ2n) is 3.39. The van der Waals surface area contributed by atoms with Gasteiger partial charge in [-0.05, 0) is 17.7 Å². The third-order valence-electron chi connectivity index (χ3n) is 2.14. The standard InChI is InChI=1S/C11H8F3NOS2/c12-11(13,14)8-5-7(6-16)1-2-9(8)18-10-15-3-4-17-10/h1-5,16H,6H2. The minimum atomic E-state index is -4.44. The Bertz CT molecular complexity index is 526. The molecule has 0 saturated carbocycles. The van der Waals surface area contributed by atoms with Crippen molar-refractivity contribution in [1.82, 2.24) is 4.98 Å². The number of nitrogens with zero attached hydrogens (tertiary/aromatic N) is 1. The predicted molar refractivity (Wildman–Crippen MR) is 63.6 cm³/mol. The topological polar surface area (TPSA) is 33.1 Å². The van der Waals surface area contributed by atoms with Crippen LogP contribution in [0.2, 0.25) is 0 Å². The first-order valence-electron chi connectivity index (χ1n) is 4.89. The fourth-order valence-corrected chi connectivity index (χ4v) is 3.05. The molecule has 1 aromatic heterocycles. The SMILES string of the molecule is OCc1ccc(Sc2nccs2)c(C(F)(F)F)c1. The van der Waals surface area contributed by atoms with Crippen molar-refractivity contribution in [2.24, 2.45) is 0 Å². The van der Waals surface area contributed by atoms with Crippen LogP contribution in [0.3, 0.4) is 0 Å². The minimum Gasteiger partial charge on any atom is -0.392 e. The van der Waals surface area contributed by atoms with Crippen LogP contribution in [0.5, 0.6) is 0 Å². The van der Waals surface area contributed by atoms with Crippen molar-refractivity contribution in [1.29, 1.82) is 0 Å². The molecule has 18 heavy (non-hydrogen) atoms. The summed E-state index contributed by atoms with van der Waals surface area (Å²) in [5.41, 5.74) is -0.500. The molecule has 7 heteroatoms. The van der Waals surface area contributed by atoms with Gasteiger partial charge < -0.3 is 5.11 Å². The summed E-state index contributed by atoms with van der Waals surface area (Å²) in [7, 11) is 0. The van der Waals surface area contributed by atoms with E-state index in [1.165, 1.54) is 23.5 Å². The molecule has 2 rings (SSSR count). The van der Waals surface area contributed by atoms with Gasteiger partial charge in [-0.15, -0.1) is 11.3 Å². The lowest BCUT2D eigenvalue weighted by Gasteiger charge is -2.12. The Balaban J connectivity index is 2.40. The van der Waals surface area contributed by atoms with E-state index >= 15 is 0 Å². The van der Waals surface area contributed by atoms with E-state index < -0.39 is 18.3 Å². The smallest absolute Gasteiger partial charge is 0.392 e. The van der Waals surface area contributed by atoms with Crippen LogP contribution in [-0.2, 0) is 12.8 Å². The van der Waals surface area contributed by atoms with Crippen LogP contribution >= 0.6 is 23.1 Å². The molecule has 0 amide bonds. The minimum absolute atomic E-state index is 0.0923. The van der Waals surface area contributed by atoms with Crippen LogP contribution in [0.25, 0.3) is 0 Å². The lowest BCUT2D eigenvalue weighted by molar-refractivity contribution is -0.139. The number of alkyl halides is 3. The van der Waals surface area contributed by atoms with Crippen molar-refractivity contribution in [2.45, 2.75) is 22.0 Å². The highest BCUT2D eigenvalue weighted by Crippen LogP contribution is 2.40. The Morgan fingerprint density at radius 3 is 2.67 bits per heavy atom. The van der Waals surface area contributed by atoms with Crippen molar-refractivity contribution in [3.63, 3.8) is 0 Å². The molecule has 0 fully saturated rings. The fraction of sp³-hybridized carbons (Fsp3) is 0.182. The number of thiazole rings is 1. The predicted octanol–water partition coefficient (Wildman–Crippen LogP) is 3.81. The summed E-state index contributed by atoms with van der Waals surface area (Å²) in [5, 5.41) is 10.6. The van der Waals surface area contributed by atoms with Crippen molar-refractivity contribution in [2.75, 3.05) is 0 Å². The van der Waals surface area contributed by atoms with Crippen molar-refractivity contribution >= 4 is 23.1 Å². The van der Waals surface area contributed by atoms with Gasteiger partial charge in [-0.25, -0.2) is 4.98 Å². The van der Waals surface area contributed by atoms with Gasteiger partial charge in [-0.2, -0.15) is 13.2 Å². The van der Waals surface area contributed by atoms with Crippen LogP contribution < -0.4 is 0 Å². The lowest BCUT2D eigenvalue weighted by Crippen LogP contribution is -2.07. The summed E-state index contributed by atoms with van der Waals surface area (Å²) in [6.07, 6.45) is -2.90. The first kappa shape index (κ1) is 13.4. The molecule has 1 N–H and O–H groups in total. The molecule has 1 heterocycles. The Morgan fingerprint density at radius 1 is 1.33 bits per heavy atom. The molecule has 1 aromatic carbocycles. The summed E-state index contributed by atoms with van der Waals surface area (Å²) in [6, 6.07) is 3.81. The van der Waals surface area contributed by atoms with Crippen molar-refractivity contribution < 1.29 is 18.3 Å². The monoisotopic (exact) mass is 291 g/mol. The van der Waals surface area contributed by atoms with Crippen molar-refractivity contribution in [3.8, 4) is 0 Å². The van der Waals surface area contributed by atoms with E-state index in [1.54, 1.807) is 11.6 Å². The van der Waals surface area contributed by atoms with Gasteiger partial charge in [0.05, 0.1) is 12.2 Å². The maximum atomic E-state index is 12.9. The summed E-state index contributed by atoms with van der Waals surface area (Å²) in [5.74, 6) is 0. The second-order valence-corrected chi connectivity index (χ2v) is 5.57. The quantitative estimate of drug-likeness (QED) is 0.933. The average Bonchev–Trinajstić information content (AvgIpc) is 2.81. The average molecular weight is 291 g/mol. The van der Waals surface area contributed by atoms with E-state index in [0.717, 1.165) is 17.8 Å². The highest BCUT2D eigenvalue weighted by molar-refractivity contribution is 8.01. The molecular formula is C11H8F3NOS2. The van der Waals surface area contributed by atoms with Crippen LogP contribution in [0.4, 0.5) is 13.2 Å². The number of benzene rings is 1. The summed E-state index contributed by atoms with van der Waals surface area (Å²) in [6.45, 7) is -0.411. The number of hydrogen-bond acceptors (Lipinski definition) is 4. The second kappa shape index (κ2) is 5.29. The maximum Gasteiger partial charge on any atom is 0.417 e. The van der Waals surface area contributed by atoms with E-state index in [4.69, 9.17) is 5.11 Å². The van der Waals surface area contributed by atoms with E-state index in [0.29, 0.717) is 4.34 Å². The van der Waals surface area contributed by atoms with Crippen LogP contribution in [0.15, 0.2) is 39.0 Å². The number of aromatic nitrogens is 1. The molecule has 0 spiro atoms. The molecule has 0 unspecified atom stereocenters. The Morgan fingerprint density at radius 2 is 2.11 bits per heavy atom. The number of halogens is 3. The normalized spacial score (nSPS) is 11.8. The van der Waals surface area contributed by atoms with E-state index in [1.807, 2.05) is 0 Å². The molecule has 0 aliphatic heterocycles. The molecule has 0 aliphatic carbocycles. The van der Waals surface area contributed by atoms with E-state index in [9.17, 15) is 13.2 Å². The van der Waals surface area contributed by atoms with Gasteiger partial charge in [0, 0.05) is 16.5 Å². The zero-order chi connectivity index (χ0) is 13.2. The zero-order valence-electron chi connectivity index (χ0n) is 8.94. The highest BCUT2D eigenvalue weighted by Gasteiger charge is 2.34. The summed E-state index contributed by atoms with van der Waals surface area (Å²) in [4.78, 5) is 4.03. The van der Waals surface area contributed by atoms with Crippen LogP contribution in [0, 0.1) is 0 Å². The van der Waals surface area contributed by atoms with Gasteiger partial charge in [0.1, 0.15) is 0 Å². The number of aliphatic hydroxyl groups is 1. The van der Waals surface area contributed by atoms with E-state index in [2.05, 4.69) is 4.98 Å². The lowest BCUT2D eigenvalue weighted by atomic mass is 10.1. The molecule has 96 valence electrons. The molecule has 0 aliphatic rings. The summed E-state index contributed by atoms with van der Waals surface area (Å²) >= 11 is 2.25. The van der Waals surface area contributed by atoms with Gasteiger partial charge in [0.25, 0.3) is 0 Å². The zero-order valence-corrected chi connectivity index (χ0v) is 10.6. The highest BCUT2D eigenvalue weighted by atomic mass is 32.2. The first-order chi connectivity index (χ1) is 8.50. The summed E-state index contributed by atoms with van der Waals surface area (Å²) < 4.78 is 39.2. The van der Waals surface area contributed by atoms with Gasteiger partial charge in [-0.1, -0.05) is 17.8 Å². The van der Waals surface area contributed by atoms with Gasteiger partial charge in [-0.3, -0.25) is 0 Å². The molecule has 0 radical (unpaired) electrons.